The van der Waals surface area contributed by atoms with Gasteiger partial charge in [-0.2, -0.15) is 4.31 Å². The predicted molar refractivity (Wildman–Crippen MR) is 93.8 cm³/mol. The molecule has 2 aromatic carbocycles. The van der Waals surface area contributed by atoms with Gasteiger partial charge in [0.1, 0.15) is 11.6 Å². The van der Waals surface area contributed by atoms with Gasteiger partial charge in [0.15, 0.2) is 0 Å². The SMILES string of the molecule is CCN(CC(=O)NC(C)c1ccc(F)cc1)S(=O)(=O)c1ccc(F)cc1. The summed E-state index contributed by atoms with van der Waals surface area (Å²) in [6, 6.07) is 9.69. The van der Waals surface area contributed by atoms with Crippen molar-refractivity contribution >= 4 is 15.9 Å². The van der Waals surface area contributed by atoms with E-state index in [1.165, 1.54) is 12.1 Å². The maximum Gasteiger partial charge on any atom is 0.243 e. The van der Waals surface area contributed by atoms with Crippen molar-refractivity contribution in [3.63, 3.8) is 0 Å². The lowest BCUT2D eigenvalue weighted by Crippen LogP contribution is -2.41. The van der Waals surface area contributed by atoms with E-state index in [1.54, 1.807) is 26.0 Å². The van der Waals surface area contributed by atoms with Crippen molar-refractivity contribution < 1.29 is 22.0 Å². The summed E-state index contributed by atoms with van der Waals surface area (Å²) in [5.41, 5.74) is 0.698. The molecule has 0 radical (unpaired) electrons. The largest absolute Gasteiger partial charge is 0.348 e. The summed E-state index contributed by atoms with van der Waals surface area (Å²) in [7, 11) is -3.91. The van der Waals surface area contributed by atoms with Gasteiger partial charge in [0.2, 0.25) is 15.9 Å². The summed E-state index contributed by atoms with van der Waals surface area (Å²) in [5.74, 6) is -1.41. The van der Waals surface area contributed by atoms with Crippen LogP contribution in [-0.2, 0) is 14.8 Å². The van der Waals surface area contributed by atoms with E-state index in [0.29, 0.717) is 5.56 Å². The number of carbonyl (C=O) groups is 1. The zero-order valence-electron chi connectivity index (χ0n) is 14.4. The predicted octanol–water partition coefficient (Wildman–Crippen LogP) is 2.85. The molecule has 26 heavy (non-hydrogen) atoms. The van der Waals surface area contributed by atoms with Crippen molar-refractivity contribution in [3.05, 3.63) is 65.7 Å². The molecule has 1 unspecified atom stereocenters. The first kappa shape index (κ1) is 20.0. The number of likely N-dealkylation sites (N-methyl/N-ethyl adjacent to an activating group) is 1. The van der Waals surface area contributed by atoms with Gasteiger partial charge in [0, 0.05) is 6.54 Å². The van der Waals surface area contributed by atoms with Gasteiger partial charge in [-0.05, 0) is 48.9 Å². The molecule has 0 saturated carbocycles. The van der Waals surface area contributed by atoms with Gasteiger partial charge in [0.05, 0.1) is 17.5 Å². The van der Waals surface area contributed by atoms with Crippen molar-refractivity contribution in [2.45, 2.75) is 24.8 Å². The zero-order valence-corrected chi connectivity index (χ0v) is 15.3. The van der Waals surface area contributed by atoms with E-state index in [4.69, 9.17) is 0 Å². The second-order valence-electron chi connectivity index (χ2n) is 5.73. The van der Waals surface area contributed by atoms with Gasteiger partial charge >= 0.3 is 0 Å². The fourth-order valence-corrected chi connectivity index (χ4v) is 3.81. The van der Waals surface area contributed by atoms with Crippen LogP contribution in [0.25, 0.3) is 0 Å². The highest BCUT2D eigenvalue weighted by atomic mass is 32.2. The molecule has 0 bridgehead atoms. The highest BCUT2D eigenvalue weighted by Crippen LogP contribution is 2.17. The van der Waals surface area contributed by atoms with Crippen LogP contribution in [0.1, 0.15) is 25.5 Å². The minimum absolute atomic E-state index is 0.0814. The van der Waals surface area contributed by atoms with Crippen LogP contribution >= 0.6 is 0 Å². The van der Waals surface area contributed by atoms with Crippen molar-refractivity contribution in [2.75, 3.05) is 13.1 Å². The molecule has 2 rings (SSSR count). The molecule has 1 N–H and O–H groups in total. The molecule has 0 fully saturated rings. The molecule has 0 saturated heterocycles. The molecule has 1 atom stereocenters. The minimum Gasteiger partial charge on any atom is -0.348 e. The van der Waals surface area contributed by atoms with E-state index in [1.807, 2.05) is 0 Å². The van der Waals surface area contributed by atoms with E-state index in [-0.39, 0.29) is 23.8 Å². The van der Waals surface area contributed by atoms with Crippen LogP contribution in [0.3, 0.4) is 0 Å². The Morgan fingerprint density at radius 2 is 1.54 bits per heavy atom. The Hall–Kier alpha value is -2.32. The number of nitrogens with zero attached hydrogens (tertiary/aromatic N) is 1. The third-order valence-electron chi connectivity index (χ3n) is 3.87. The standard InChI is InChI=1S/C18H20F2N2O3S/c1-3-22(26(24,25)17-10-8-16(20)9-11-17)12-18(23)21-13(2)14-4-6-15(19)7-5-14/h4-11,13H,3,12H2,1-2H3,(H,21,23). The summed E-state index contributed by atoms with van der Waals surface area (Å²) in [4.78, 5) is 12.2. The van der Waals surface area contributed by atoms with Crippen LogP contribution in [0, 0.1) is 11.6 Å². The molecule has 0 aromatic heterocycles. The number of halogens is 2. The molecule has 0 heterocycles. The van der Waals surface area contributed by atoms with E-state index in [9.17, 15) is 22.0 Å². The smallest absolute Gasteiger partial charge is 0.243 e. The molecule has 5 nitrogen and oxygen atoms in total. The lowest BCUT2D eigenvalue weighted by Gasteiger charge is -2.21. The second-order valence-corrected chi connectivity index (χ2v) is 7.66. The Morgan fingerprint density at radius 3 is 2.04 bits per heavy atom. The normalized spacial score (nSPS) is 12.8. The van der Waals surface area contributed by atoms with Crippen molar-refractivity contribution in [3.8, 4) is 0 Å². The van der Waals surface area contributed by atoms with Crippen LogP contribution in [0.2, 0.25) is 0 Å². The fraction of sp³-hybridized carbons (Fsp3) is 0.278. The van der Waals surface area contributed by atoms with Gasteiger partial charge in [-0.3, -0.25) is 4.79 Å². The number of hydrogen-bond donors (Lipinski definition) is 1. The van der Waals surface area contributed by atoms with Gasteiger partial charge in [-0.1, -0.05) is 19.1 Å². The zero-order chi connectivity index (χ0) is 19.3. The van der Waals surface area contributed by atoms with E-state index < -0.39 is 27.8 Å². The van der Waals surface area contributed by atoms with Crippen LogP contribution in [-0.4, -0.2) is 31.7 Å². The Morgan fingerprint density at radius 1 is 1.04 bits per heavy atom. The molecule has 0 spiro atoms. The average molecular weight is 382 g/mol. The number of benzene rings is 2. The van der Waals surface area contributed by atoms with Crippen molar-refractivity contribution in [2.24, 2.45) is 0 Å². The van der Waals surface area contributed by atoms with Crippen LogP contribution in [0.4, 0.5) is 8.78 Å². The molecule has 0 aliphatic heterocycles. The second kappa shape index (κ2) is 8.37. The number of nitrogens with one attached hydrogen (secondary N) is 1. The molecule has 2 aromatic rings. The highest BCUT2D eigenvalue weighted by Gasteiger charge is 2.25. The number of sulfonamides is 1. The van der Waals surface area contributed by atoms with Crippen molar-refractivity contribution in [1.29, 1.82) is 0 Å². The lowest BCUT2D eigenvalue weighted by atomic mass is 10.1. The summed E-state index contributed by atoms with van der Waals surface area (Å²) >= 11 is 0. The quantitative estimate of drug-likeness (QED) is 0.801. The molecular weight excluding hydrogens is 362 g/mol. The number of carbonyl (C=O) groups excluding carboxylic acids is 1. The first-order valence-corrected chi connectivity index (χ1v) is 9.48. The van der Waals surface area contributed by atoms with Crippen LogP contribution in [0.5, 0.6) is 0 Å². The topological polar surface area (TPSA) is 66.5 Å². The first-order valence-electron chi connectivity index (χ1n) is 8.04. The molecular formula is C18H20F2N2O3S. The molecule has 140 valence electrons. The molecule has 0 aliphatic carbocycles. The fourth-order valence-electron chi connectivity index (χ4n) is 2.40. The number of amides is 1. The molecule has 0 aliphatic rings. The third kappa shape index (κ3) is 4.86. The number of rotatable bonds is 7. The Kier molecular flexibility index (Phi) is 6.44. The highest BCUT2D eigenvalue weighted by molar-refractivity contribution is 7.89. The van der Waals surface area contributed by atoms with E-state index in [2.05, 4.69) is 5.32 Å². The average Bonchev–Trinajstić information content (AvgIpc) is 2.60. The summed E-state index contributed by atoms with van der Waals surface area (Å²) in [6.07, 6.45) is 0. The maximum absolute atomic E-state index is 13.0. The van der Waals surface area contributed by atoms with E-state index >= 15 is 0 Å². The van der Waals surface area contributed by atoms with Gasteiger partial charge < -0.3 is 5.32 Å². The Bertz CT molecular complexity index is 853. The Balaban J connectivity index is 2.07. The minimum atomic E-state index is -3.91. The molecule has 1 amide bonds. The summed E-state index contributed by atoms with van der Waals surface area (Å²) in [6.45, 7) is 3.04. The van der Waals surface area contributed by atoms with Gasteiger partial charge in [-0.15, -0.1) is 0 Å². The first-order chi connectivity index (χ1) is 12.2. The summed E-state index contributed by atoms with van der Waals surface area (Å²) < 4.78 is 52.1. The molecule has 8 heteroatoms. The number of hydrogen-bond acceptors (Lipinski definition) is 3. The van der Waals surface area contributed by atoms with Gasteiger partial charge in [-0.25, -0.2) is 17.2 Å². The Labute approximate surface area is 151 Å². The van der Waals surface area contributed by atoms with Crippen LogP contribution in [0.15, 0.2) is 53.4 Å². The monoisotopic (exact) mass is 382 g/mol. The summed E-state index contributed by atoms with van der Waals surface area (Å²) in [5, 5.41) is 2.69. The van der Waals surface area contributed by atoms with Crippen molar-refractivity contribution in [1.82, 2.24) is 9.62 Å². The maximum atomic E-state index is 13.0. The van der Waals surface area contributed by atoms with Crippen LogP contribution < -0.4 is 5.32 Å². The van der Waals surface area contributed by atoms with E-state index in [0.717, 1.165) is 28.6 Å². The van der Waals surface area contributed by atoms with Gasteiger partial charge in [0.25, 0.3) is 0 Å². The lowest BCUT2D eigenvalue weighted by molar-refractivity contribution is -0.121. The third-order valence-corrected chi connectivity index (χ3v) is 5.81.